The van der Waals surface area contributed by atoms with Gasteiger partial charge in [0, 0.05) is 6.54 Å². The molecule has 0 fully saturated rings. The Kier molecular flexibility index (Phi) is 5.05. The number of nitrogens with one attached hydrogen (secondary N) is 1. The molecule has 0 amide bonds. The van der Waals surface area contributed by atoms with Crippen LogP contribution in [0.3, 0.4) is 0 Å². The quantitative estimate of drug-likeness (QED) is 0.688. The van der Waals surface area contributed by atoms with Gasteiger partial charge in [0.2, 0.25) is 10.0 Å². The minimum atomic E-state index is -3.79. The van der Waals surface area contributed by atoms with Crippen molar-refractivity contribution in [3.05, 3.63) is 58.1 Å². The van der Waals surface area contributed by atoms with Crippen LogP contribution >= 0.6 is 11.3 Å². The number of hydrogen-bond donors (Lipinski definition) is 2. The first kappa shape index (κ1) is 17.8. The summed E-state index contributed by atoms with van der Waals surface area (Å²) in [6.07, 6.45) is -0.952. The maximum absolute atomic E-state index is 12.4. The molecule has 0 aliphatic rings. The lowest BCUT2D eigenvalue weighted by Gasteiger charge is -2.13. The number of aliphatic hydroxyl groups excluding tert-OH is 1. The summed E-state index contributed by atoms with van der Waals surface area (Å²) < 4.78 is 32.0. The van der Waals surface area contributed by atoms with E-state index in [4.69, 9.17) is 4.52 Å². The highest BCUT2D eigenvalue weighted by Crippen LogP contribution is 2.24. The standard InChI is InChI=1S/C17H18N2O4S2/c1-11-17(12(2)23-19-11)25(21,22)18-9-16(20)14-5-3-13(4-6-14)15-7-8-24-10-15/h3-8,10,16,18,20H,9H2,1-2H3/t16-/m0/s1. The Morgan fingerprint density at radius 2 is 1.92 bits per heavy atom. The van der Waals surface area contributed by atoms with Gasteiger partial charge in [0.25, 0.3) is 0 Å². The lowest BCUT2D eigenvalue weighted by molar-refractivity contribution is 0.182. The van der Waals surface area contributed by atoms with Gasteiger partial charge in [-0.1, -0.05) is 29.4 Å². The summed E-state index contributed by atoms with van der Waals surface area (Å²) in [6.45, 7) is 2.96. The lowest BCUT2D eigenvalue weighted by atomic mass is 10.0. The van der Waals surface area contributed by atoms with Crippen molar-refractivity contribution in [2.75, 3.05) is 6.54 Å². The summed E-state index contributed by atoms with van der Waals surface area (Å²) >= 11 is 1.62. The summed E-state index contributed by atoms with van der Waals surface area (Å²) in [5.41, 5.74) is 3.10. The molecule has 1 atom stereocenters. The van der Waals surface area contributed by atoms with Crippen molar-refractivity contribution in [1.29, 1.82) is 0 Å². The average molecular weight is 378 g/mol. The highest BCUT2D eigenvalue weighted by molar-refractivity contribution is 7.89. The van der Waals surface area contributed by atoms with E-state index in [1.165, 1.54) is 6.92 Å². The van der Waals surface area contributed by atoms with E-state index in [1.807, 2.05) is 29.0 Å². The molecule has 25 heavy (non-hydrogen) atoms. The first-order valence-electron chi connectivity index (χ1n) is 7.61. The van der Waals surface area contributed by atoms with E-state index in [2.05, 4.69) is 9.88 Å². The molecule has 0 spiro atoms. The number of thiophene rings is 1. The molecule has 0 radical (unpaired) electrons. The fraction of sp³-hybridized carbons (Fsp3) is 0.235. The molecular weight excluding hydrogens is 360 g/mol. The van der Waals surface area contributed by atoms with Gasteiger partial charge in [-0.15, -0.1) is 0 Å². The van der Waals surface area contributed by atoms with E-state index in [1.54, 1.807) is 30.4 Å². The topological polar surface area (TPSA) is 92.4 Å². The van der Waals surface area contributed by atoms with Crippen LogP contribution in [0.1, 0.15) is 23.1 Å². The second kappa shape index (κ2) is 7.09. The third-order valence-corrected chi connectivity index (χ3v) is 6.20. The van der Waals surface area contributed by atoms with Crippen LogP contribution in [-0.2, 0) is 10.0 Å². The minimum Gasteiger partial charge on any atom is -0.387 e. The largest absolute Gasteiger partial charge is 0.387 e. The maximum atomic E-state index is 12.4. The average Bonchev–Trinajstić information content (AvgIpc) is 3.23. The van der Waals surface area contributed by atoms with E-state index >= 15 is 0 Å². The number of rotatable bonds is 6. The molecular formula is C17H18N2O4S2. The molecule has 8 heteroatoms. The Morgan fingerprint density at radius 3 is 2.48 bits per heavy atom. The van der Waals surface area contributed by atoms with Gasteiger partial charge >= 0.3 is 0 Å². The van der Waals surface area contributed by atoms with Crippen molar-refractivity contribution in [2.45, 2.75) is 24.8 Å². The predicted molar refractivity (Wildman–Crippen MR) is 95.9 cm³/mol. The summed E-state index contributed by atoms with van der Waals surface area (Å²) in [6, 6.07) is 9.42. The molecule has 6 nitrogen and oxygen atoms in total. The Labute approximate surface area is 150 Å². The number of aliphatic hydroxyl groups is 1. The summed E-state index contributed by atoms with van der Waals surface area (Å²) in [5.74, 6) is 0.222. The molecule has 0 aliphatic carbocycles. The third-order valence-electron chi connectivity index (χ3n) is 3.85. The van der Waals surface area contributed by atoms with Crippen LogP contribution in [0, 0.1) is 13.8 Å². The van der Waals surface area contributed by atoms with Crippen molar-refractivity contribution in [1.82, 2.24) is 9.88 Å². The summed E-state index contributed by atoms with van der Waals surface area (Å²) in [5, 5.41) is 18.0. The number of benzene rings is 1. The van der Waals surface area contributed by atoms with E-state index in [-0.39, 0.29) is 17.2 Å². The molecule has 2 N–H and O–H groups in total. The Hall–Kier alpha value is -2.00. The number of aromatic nitrogens is 1. The third kappa shape index (κ3) is 3.82. The lowest BCUT2D eigenvalue weighted by Crippen LogP contribution is -2.29. The van der Waals surface area contributed by atoms with E-state index in [9.17, 15) is 13.5 Å². The second-order valence-corrected chi connectivity index (χ2v) is 8.14. The fourth-order valence-corrected chi connectivity index (χ4v) is 4.59. The van der Waals surface area contributed by atoms with Crippen LogP contribution in [0.25, 0.3) is 11.1 Å². The van der Waals surface area contributed by atoms with Gasteiger partial charge in [-0.05, 0) is 47.4 Å². The zero-order valence-corrected chi connectivity index (χ0v) is 15.4. The summed E-state index contributed by atoms with van der Waals surface area (Å²) in [7, 11) is -3.79. The van der Waals surface area contributed by atoms with Crippen LogP contribution in [0.2, 0.25) is 0 Å². The zero-order valence-electron chi connectivity index (χ0n) is 13.8. The van der Waals surface area contributed by atoms with Gasteiger partial charge in [0.15, 0.2) is 5.76 Å². The number of aryl methyl sites for hydroxylation is 2. The van der Waals surface area contributed by atoms with E-state index in [0.29, 0.717) is 11.3 Å². The zero-order chi connectivity index (χ0) is 18.0. The van der Waals surface area contributed by atoms with E-state index < -0.39 is 16.1 Å². The normalized spacial score (nSPS) is 13.1. The van der Waals surface area contributed by atoms with Gasteiger partial charge in [0.1, 0.15) is 10.6 Å². The summed E-state index contributed by atoms with van der Waals surface area (Å²) in [4.78, 5) is 0.0208. The maximum Gasteiger partial charge on any atom is 0.246 e. The second-order valence-electron chi connectivity index (χ2n) is 5.66. The van der Waals surface area contributed by atoms with Gasteiger partial charge in [-0.2, -0.15) is 11.3 Å². The predicted octanol–water partition coefficient (Wildman–Crippen LogP) is 3.03. The van der Waals surface area contributed by atoms with Crippen LogP contribution < -0.4 is 4.72 Å². The van der Waals surface area contributed by atoms with Crippen LogP contribution in [0.4, 0.5) is 0 Å². The van der Waals surface area contributed by atoms with Crippen LogP contribution in [0.5, 0.6) is 0 Å². The van der Waals surface area contributed by atoms with Crippen molar-refractivity contribution in [3.63, 3.8) is 0 Å². The fourth-order valence-electron chi connectivity index (χ4n) is 2.56. The molecule has 3 aromatic rings. The van der Waals surface area contributed by atoms with Gasteiger partial charge in [0.05, 0.1) is 6.10 Å². The molecule has 0 aliphatic heterocycles. The van der Waals surface area contributed by atoms with E-state index in [0.717, 1.165) is 11.1 Å². The minimum absolute atomic E-state index is 0.0208. The smallest absolute Gasteiger partial charge is 0.246 e. The Balaban J connectivity index is 1.69. The SMILES string of the molecule is Cc1noc(C)c1S(=O)(=O)NC[C@H](O)c1ccc(-c2ccsc2)cc1. The van der Waals surface area contributed by atoms with Crippen molar-refractivity contribution in [2.24, 2.45) is 0 Å². The molecule has 0 unspecified atom stereocenters. The number of nitrogens with zero attached hydrogens (tertiary/aromatic N) is 1. The molecule has 132 valence electrons. The van der Waals surface area contributed by atoms with Crippen molar-refractivity contribution >= 4 is 21.4 Å². The van der Waals surface area contributed by atoms with Crippen LogP contribution in [0.15, 0.2) is 50.5 Å². The molecule has 2 aromatic heterocycles. The number of sulfonamides is 1. The van der Waals surface area contributed by atoms with Crippen molar-refractivity contribution in [3.8, 4) is 11.1 Å². The molecule has 0 saturated heterocycles. The molecule has 0 bridgehead atoms. The first-order chi connectivity index (χ1) is 11.9. The molecule has 2 heterocycles. The molecule has 0 saturated carbocycles. The van der Waals surface area contributed by atoms with Gasteiger partial charge < -0.3 is 9.63 Å². The highest BCUT2D eigenvalue weighted by Gasteiger charge is 2.24. The monoisotopic (exact) mass is 378 g/mol. The van der Waals surface area contributed by atoms with Crippen LogP contribution in [-0.4, -0.2) is 25.2 Å². The highest BCUT2D eigenvalue weighted by atomic mass is 32.2. The van der Waals surface area contributed by atoms with Gasteiger partial charge in [-0.3, -0.25) is 0 Å². The Morgan fingerprint density at radius 1 is 1.20 bits per heavy atom. The molecule has 3 rings (SSSR count). The van der Waals surface area contributed by atoms with Crippen molar-refractivity contribution < 1.29 is 18.0 Å². The number of hydrogen-bond acceptors (Lipinski definition) is 6. The first-order valence-corrected chi connectivity index (χ1v) is 10.0. The molecule has 1 aromatic carbocycles. The van der Waals surface area contributed by atoms with Gasteiger partial charge in [-0.25, -0.2) is 13.1 Å². The Bertz CT molecular complexity index is 926.